The molecule has 0 spiro atoms. The molecule has 2 aliphatic rings. The van der Waals surface area contributed by atoms with Crippen LogP contribution in [0.15, 0.2) is 12.1 Å². The molecule has 92 valence electrons. The molecule has 2 saturated carbocycles. The van der Waals surface area contributed by atoms with Gasteiger partial charge in [0.05, 0.1) is 0 Å². The Labute approximate surface area is 100 Å². The second kappa shape index (κ2) is 3.77. The highest BCUT2D eigenvalue weighted by molar-refractivity contribution is 5.31. The van der Waals surface area contributed by atoms with Crippen LogP contribution in [0.3, 0.4) is 0 Å². The molecule has 17 heavy (non-hydrogen) atoms. The van der Waals surface area contributed by atoms with Gasteiger partial charge in [0.25, 0.3) is 0 Å². The molecule has 0 heterocycles. The van der Waals surface area contributed by atoms with Crippen molar-refractivity contribution in [3.63, 3.8) is 0 Å². The minimum atomic E-state index is -0.495. The number of hydrogen-bond donors (Lipinski definition) is 1. The molecule has 1 aromatic carbocycles. The van der Waals surface area contributed by atoms with Gasteiger partial charge in [-0.3, -0.25) is 0 Å². The predicted octanol–water partition coefficient (Wildman–Crippen LogP) is 3.32. The molecule has 1 nitrogen and oxygen atoms in total. The van der Waals surface area contributed by atoms with Crippen LogP contribution in [-0.4, -0.2) is 0 Å². The van der Waals surface area contributed by atoms with Gasteiger partial charge in [-0.2, -0.15) is 0 Å². The van der Waals surface area contributed by atoms with Crippen molar-refractivity contribution in [1.29, 1.82) is 0 Å². The molecule has 3 heteroatoms. The standard InChI is InChI=1S/C14H17F2N/c1-7-5-6-10(15)12(13(7)16)14(17)11-8-3-2-4-9(8)11/h5-6,8-9,11,14H,2-4,17H2,1H3. The van der Waals surface area contributed by atoms with E-state index in [2.05, 4.69) is 0 Å². The summed E-state index contributed by atoms with van der Waals surface area (Å²) < 4.78 is 27.7. The maximum atomic E-state index is 14.0. The smallest absolute Gasteiger partial charge is 0.133 e. The first-order valence-electron chi connectivity index (χ1n) is 6.31. The number of hydrogen-bond acceptors (Lipinski definition) is 1. The van der Waals surface area contributed by atoms with E-state index in [1.807, 2.05) is 0 Å². The Hall–Kier alpha value is -0.960. The van der Waals surface area contributed by atoms with Gasteiger partial charge in [-0.15, -0.1) is 0 Å². The van der Waals surface area contributed by atoms with E-state index in [9.17, 15) is 8.78 Å². The summed E-state index contributed by atoms with van der Waals surface area (Å²) in [5.41, 5.74) is 6.66. The quantitative estimate of drug-likeness (QED) is 0.839. The zero-order valence-corrected chi connectivity index (χ0v) is 9.92. The van der Waals surface area contributed by atoms with Crippen molar-refractivity contribution in [3.8, 4) is 0 Å². The first-order valence-corrected chi connectivity index (χ1v) is 6.31. The zero-order valence-electron chi connectivity index (χ0n) is 9.92. The van der Waals surface area contributed by atoms with Gasteiger partial charge < -0.3 is 5.73 Å². The first kappa shape index (κ1) is 11.1. The highest BCUT2D eigenvalue weighted by Gasteiger charge is 2.55. The van der Waals surface area contributed by atoms with Crippen LogP contribution in [0.4, 0.5) is 8.78 Å². The molecule has 0 aromatic heterocycles. The van der Waals surface area contributed by atoms with E-state index < -0.39 is 17.7 Å². The Bertz CT molecular complexity index is 448. The van der Waals surface area contributed by atoms with Gasteiger partial charge in [0.1, 0.15) is 11.6 Å². The van der Waals surface area contributed by atoms with Crippen molar-refractivity contribution in [2.75, 3.05) is 0 Å². The molecule has 3 atom stereocenters. The van der Waals surface area contributed by atoms with Crippen LogP contribution in [0.1, 0.15) is 36.4 Å². The van der Waals surface area contributed by atoms with E-state index >= 15 is 0 Å². The Morgan fingerprint density at radius 1 is 1.24 bits per heavy atom. The van der Waals surface area contributed by atoms with Crippen LogP contribution in [-0.2, 0) is 0 Å². The number of nitrogens with two attached hydrogens (primary N) is 1. The number of fused-ring (bicyclic) bond motifs is 1. The first-order chi connectivity index (χ1) is 8.11. The summed E-state index contributed by atoms with van der Waals surface area (Å²) in [4.78, 5) is 0. The Morgan fingerprint density at radius 2 is 1.88 bits per heavy atom. The Morgan fingerprint density at radius 3 is 2.53 bits per heavy atom. The largest absolute Gasteiger partial charge is 0.324 e. The second-order valence-corrected chi connectivity index (χ2v) is 5.45. The molecule has 0 bridgehead atoms. The lowest BCUT2D eigenvalue weighted by atomic mass is 9.95. The number of aryl methyl sites for hydroxylation is 1. The molecule has 3 rings (SSSR count). The van der Waals surface area contributed by atoms with E-state index in [4.69, 9.17) is 5.73 Å². The monoisotopic (exact) mass is 237 g/mol. The lowest BCUT2D eigenvalue weighted by molar-refractivity contribution is 0.453. The molecular formula is C14H17F2N. The fourth-order valence-corrected chi connectivity index (χ4v) is 3.59. The van der Waals surface area contributed by atoms with Gasteiger partial charge >= 0.3 is 0 Å². The van der Waals surface area contributed by atoms with Crippen LogP contribution < -0.4 is 5.73 Å². The van der Waals surface area contributed by atoms with E-state index in [1.54, 1.807) is 6.92 Å². The predicted molar refractivity (Wildman–Crippen MR) is 62.3 cm³/mol. The summed E-state index contributed by atoms with van der Waals surface area (Å²) in [6, 6.07) is 2.32. The number of benzene rings is 1. The maximum Gasteiger partial charge on any atom is 0.133 e. The molecule has 2 aliphatic carbocycles. The van der Waals surface area contributed by atoms with Crippen LogP contribution >= 0.6 is 0 Å². The normalized spacial score (nSPS) is 32.4. The van der Waals surface area contributed by atoms with Crippen molar-refractivity contribution in [2.24, 2.45) is 23.5 Å². The Balaban J connectivity index is 1.91. The molecule has 0 saturated heterocycles. The van der Waals surface area contributed by atoms with E-state index in [0.29, 0.717) is 23.3 Å². The molecule has 0 radical (unpaired) electrons. The van der Waals surface area contributed by atoms with Crippen LogP contribution in [0.25, 0.3) is 0 Å². The summed E-state index contributed by atoms with van der Waals surface area (Å²) >= 11 is 0. The van der Waals surface area contributed by atoms with Gasteiger partial charge in [-0.1, -0.05) is 12.5 Å². The summed E-state index contributed by atoms with van der Waals surface area (Å²) in [6.07, 6.45) is 3.60. The summed E-state index contributed by atoms with van der Waals surface area (Å²) in [5, 5.41) is 0. The van der Waals surface area contributed by atoms with Gasteiger partial charge in [0.15, 0.2) is 0 Å². The average molecular weight is 237 g/mol. The fourth-order valence-electron chi connectivity index (χ4n) is 3.59. The molecule has 3 unspecified atom stereocenters. The third-order valence-corrected chi connectivity index (χ3v) is 4.54. The van der Waals surface area contributed by atoms with E-state index in [-0.39, 0.29) is 5.56 Å². The van der Waals surface area contributed by atoms with Crippen molar-refractivity contribution < 1.29 is 8.78 Å². The molecule has 1 aromatic rings. The minimum absolute atomic E-state index is 0.101. The average Bonchev–Trinajstić information content (AvgIpc) is 2.78. The molecule has 2 N–H and O–H groups in total. The van der Waals surface area contributed by atoms with Crippen LogP contribution in [0.2, 0.25) is 0 Å². The van der Waals surface area contributed by atoms with Gasteiger partial charge in [0.2, 0.25) is 0 Å². The van der Waals surface area contributed by atoms with Crippen LogP contribution in [0, 0.1) is 36.3 Å². The third kappa shape index (κ3) is 1.60. The Kier molecular flexibility index (Phi) is 2.47. The highest BCUT2D eigenvalue weighted by atomic mass is 19.1. The second-order valence-electron chi connectivity index (χ2n) is 5.45. The SMILES string of the molecule is Cc1ccc(F)c(C(N)C2C3CCCC32)c1F. The van der Waals surface area contributed by atoms with Crippen molar-refractivity contribution in [3.05, 3.63) is 34.9 Å². The minimum Gasteiger partial charge on any atom is -0.324 e. The van der Waals surface area contributed by atoms with Gasteiger partial charge in [-0.05, 0) is 49.1 Å². The lowest BCUT2D eigenvalue weighted by Gasteiger charge is -2.16. The lowest BCUT2D eigenvalue weighted by Crippen LogP contribution is -2.19. The molecule has 2 fully saturated rings. The summed E-state index contributed by atoms with van der Waals surface area (Å²) in [5.74, 6) is 0.580. The summed E-state index contributed by atoms with van der Waals surface area (Å²) in [6.45, 7) is 1.65. The highest BCUT2D eigenvalue weighted by Crippen LogP contribution is 2.61. The van der Waals surface area contributed by atoms with Crippen molar-refractivity contribution >= 4 is 0 Å². The van der Waals surface area contributed by atoms with Gasteiger partial charge in [-0.25, -0.2) is 8.78 Å². The molecule has 0 aliphatic heterocycles. The van der Waals surface area contributed by atoms with Crippen LogP contribution in [0.5, 0.6) is 0 Å². The van der Waals surface area contributed by atoms with Crippen molar-refractivity contribution in [2.45, 2.75) is 32.2 Å². The number of halogens is 2. The summed E-state index contributed by atoms with van der Waals surface area (Å²) in [7, 11) is 0. The van der Waals surface area contributed by atoms with Crippen molar-refractivity contribution in [1.82, 2.24) is 0 Å². The topological polar surface area (TPSA) is 26.0 Å². The van der Waals surface area contributed by atoms with E-state index in [0.717, 1.165) is 0 Å². The molecular weight excluding hydrogens is 220 g/mol. The third-order valence-electron chi connectivity index (χ3n) is 4.54. The maximum absolute atomic E-state index is 14.0. The fraction of sp³-hybridized carbons (Fsp3) is 0.571. The van der Waals surface area contributed by atoms with E-state index in [1.165, 1.54) is 31.4 Å². The van der Waals surface area contributed by atoms with Gasteiger partial charge in [0, 0.05) is 11.6 Å². The zero-order chi connectivity index (χ0) is 12.2. The molecule has 0 amide bonds. The number of rotatable bonds is 2.